The number of amides is 2. The van der Waals surface area contributed by atoms with E-state index in [1.807, 2.05) is 0 Å². The molecule has 0 saturated heterocycles. The van der Waals surface area contributed by atoms with Crippen LogP contribution in [0.3, 0.4) is 0 Å². The standard InChI is InChI=1S/C20H13ClF3N7O2S2/c21-12-2-1-10(5-11(12)20(22,23)24)30-18(33)14-7-26-16(35-14)8-27-17(32)13-6-15(29-9-28-13)31-19-25-3-4-34-19/h1-7,9H,8H2,(H,27,32)(H,30,33)(H,25,28,29,31). The van der Waals surface area contributed by atoms with Crippen LogP contribution in [0.1, 0.15) is 30.7 Å². The second-order valence-corrected chi connectivity index (χ2v) is 9.12. The minimum atomic E-state index is -4.66. The lowest BCUT2D eigenvalue weighted by atomic mass is 10.2. The lowest BCUT2D eigenvalue weighted by Crippen LogP contribution is -2.24. The Bertz CT molecular complexity index is 1360. The highest BCUT2D eigenvalue weighted by molar-refractivity contribution is 7.14. The summed E-state index contributed by atoms with van der Waals surface area (Å²) in [5.41, 5.74) is -1.02. The number of halogens is 4. The van der Waals surface area contributed by atoms with Gasteiger partial charge in [0.2, 0.25) is 0 Å². The zero-order valence-corrected chi connectivity index (χ0v) is 19.6. The van der Waals surface area contributed by atoms with E-state index in [4.69, 9.17) is 11.6 Å². The van der Waals surface area contributed by atoms with Crippen molar-refractivity contribution in [3.8, 4) is 0 Å². The SMILES string of the molecule is O=C(NCc1ncc(C(=O)Nc2ccc(Cl)c(C(F)(F)F)c2)s1)c1cc(Nc2nccs2)ncn1. The molecule has 0 saturated carbocycles. The Kier molecular flexibility index (Phi) is 7.23. The van der Waals surface area contributed by atoms with Gasteiger partial charge in [-0.15, -0.1) is 22.7 Å². The summed E-state index contributed by atoms with van der Waals surface area (Å²) in [4.78, 5) is 41.2. The molecule has 0 unspecified atom stereocenters. The highest BCUT2D eigenvalue weighted by Gasteiger charge is 2.33. The van der Waals surface area contributed by atoms with Crippen LogP contribution in [0.4, 0.5) is 29.8 Å². The van der Waals surface area contributed by atoms with Gasteiger partial charge in [-0.25, -0.2) is 19.9 Å². The Hall–Kier alpha value is -3.62. The number of aromatic nitrogens is 4. The number of carbonyl (C=O) groups is 2. The number of nitrogens with one attached hydrogen (secondary N) is 3. The van der Waals surface area contributed by atoms with Gasteiger partial charge >= 0.3 is 6.18 Å². The topological polar surface area (TPSA) is 122 Å². The van der Waals surface area contributed by atoms with E-state index in [1.165, 1.54) is 36.0 Å². The van der Waals surface area contributed by atoms with Gasteiger partial charge in [0, 0.05) is 23.3 Å². The number of anilines is 3. The van der Waals surface area contributed by atoms with Gasteiger partial charge in [-0.05, 0) is 18.2 Å². The van der Waals surface area contributed by atoms with Crippen molar-refractivity contribution in [3.05, 3.63) is 74.5 Å². The Morgan fingerprint density at radius 2 is 1.89 bits per heavy atom. The summed E-state index contributed by atoms with van der Waals surface area (Å²) in [7, 11) is 0. The van der Waals surface area contributed by atoms with Crippen molar-refractivity contribution in [2.75, 3.05) is 10.6 Å². The molecule has 0 fully saturated rings. The molecule has 9 nitrogen and oxygen atoms in total. The number of benzene rings is 1. The van der Waals surface area contributed by atoms with Crippen molar-refractivity contribution in [1.82, 2.24) is 25.3 Å². The van der Waals surface area contributed by atoms with Crippen molar-refractivity contribution in [1.29, 1.82) is 0 Å². The van der Waals surface area contributed by atoms with Crippen molar-refractivity contribution < 1.29 is 22.8 Å². The number of thiazole rings is 2. The lowest BCUT2D eigenvalue weighted by Gasteiger charge is -2.11. The van der Waals surface area contributed by atoms with Crippen molar-refractivity contribution in [2.24, 2.45) is 0 Å². The molecule has 15 heteroatoms. The van der Waals surface area contributed by atoms with Crippen LogP contribution in [-0.4, -0.2) is 31.8 Å². The minimum Gasteiger partial charge on any atom is -0.344 e. The fraction of sp³-hybridized carbons (Fsp3) is 0.100. The van der Waals surface area contributed by atoms with Gasteiger partial charge in [0.15, 0.2) is 5.13 Å². The number of hydrogen-bond donors (Lipinski definition) is 3. The van der Waals surface area contributed by atoms with Gasteiger partial charge in [-0.3, -0.25) is 9.59 Å². The number of rotatable bonds is 7. The Balaban J connectivity index is 1.35. The lowest BCUT2D eigenvalue weighted by molar-refractivity contribution is -0.137. The highest BCUT2D eigenvalue weighted by atomic mass is 35.5. The van der Waals surface area contributed by atoms with Crippen LogP contribution in [0, 0.1) is 0 Å². The molecule has 3 N–H and O–H groups in total. The van der Waals surface area contributed by atoms with E-state index in [2.05, 4.69) is 35.9 Å². The first-order valence-electron chi connectivity index (χ1n) is 9.58. The van der Waals surface area contributed by atoms with Gasteiger partial charge in [0.05, 0.1) is 23.3 Å². The molecule has 4 aromatic rings. The fourth-order valence-corrected chi connectivity index (χ4v) is 4.21. The van der Waals surface area contributed by atoms with E-state index in [0.717, 1.165) is 23.5 Å². The Morgan fingerprint density at radius 1 is 1.06 bits per heavy atom. The van der Waals surface area contributed by atoms with Gasteiger partial charge < -0.3 is 16.0 Å². The van der Waals surface area contributed by atoms with Crippen LogP contribution in [0.15, 0.2) is 48.4 Å². The molecule has 0 spiro atoms. The molecule has 0 aliphatic carbocycles. The average molecular weight is 540 g/mol. The van der Waals surface area contributed by atoms with Gasteiger partial charge in [0.1, 0.15) is 27.7 Å². The summed E-state index contributed by atoms with van der Waals surface area (Å²) in [5.74, 6) is -0.745. The van der Waals surface area contributed by atoms with E-state index in [9.17, 15) is 22.8 Å². The first-order chi connectivity index (χ1) is 16.7. The Labute approximate surface area is 208 Å². The normalized spacial score (nSPS) is 11.2. The summed E-state index contributed by atoms with van der Waals surface area (Å²) in [6.07, 6.45) is -0.533. The van der Waals surface area contributed by atoms with E-state index in [-0.39, 0.29) is 22.8 Å². The predicted octanol–water partition coefficient (Wildman–Crippen LogP) is 4.99. The quantitative estimate of drug-likeness (QED) is 0.302. The molecule has 4 rings (SSSR count). The molecule has 3 heterocycles. The largest absolute Gasteiger partial charge is 0.417 e. The second-order valence-electron chi connectivity index (χ2n) is 6.70. The maximum Gasteiger partial charge on any atom is 0.417 e. The van der Waals surface area contributed by atoms with E-state index >= 15 is 0 Å². The minimum absolute atomic E-state index is 0.00912. The first-order valence-corrected chi connectivity index (χ1v) is 11.7. The molecular formula is C20H13ClF3N7O2S2. The summed E-state index contributed by atoms with van der Waals surface area (Å²) in [6.45, 7) is 0.00912. The van der Waals surface area contributed by atoms with Gasteiger partial charge in [0.25, 0.3) is 11.8 Å². The number of nitrogens with zero attached hydrogens (tertiary/aromatic N) is 4. The summed E-state index contributed by atoms with van der Waals surface area (Å²) < 4.78 is 39.1. The van der Waals surface area contributed by atoms with E-state index in [1.54, 1.807) is 11.6 Å². The van der Waals surface area contributed by atoms with E-state index < -0.39 is 28.6 Å². The molecule has 180 valence electrons. The number of alkyl halides is 3. The molecule has 1 aromatic carbocycles. The van der Waals surface area contributed by atoms with Crippen molar-refractivity contribution >= 4 is 62.7 Å². The maximum absolute atomic E-state index is 13.0. The molecule has 0 aliphatic heterocycles. The van der Waals surface area contributed by atoms with Crippen molar-refractivity contribution in [2.45, 2.75) is 12.7 Å². The highest BCUT2D eigenvalue weighted by Crippen LogP contribution is 2.36. The van der Waals surface area contributed by atoms with Gasteiger partial charge in [-0.1, -0.05) is 11.6 Å². The molecule has 3 aromatic heterocycles. The third kappa shape index (κ3) is 6.29. The van der Waals surface area contributed by atoms with Crippen LogP contribution in [0.25, 0.3) is 0 Å². The molecular weight excluding hydrogens is 527 g/mol. The summed E-state index contributed by atoms with van der Waals surface area (Å²) in [5, 5.41) is 10.3. The molecule has 0 atom stereocenters. The van der Waals surface area contributed by atoms with Crippen molar-refractivity contribution in [3.63, 3.8) is 0 Å². The second kappa shape index (κ2) is 10.3. The number of hydrogen-bond acceptors (Lipinski definition) is 9. The molecule has 0 bridgehead atoms. The third-order valence-corrected chi connectivity index (χ3v) is 6.29. The van der Waals surface area contributed by atoms with E-state index in [0.29, 0.717) is 16.0 Å². The fourth-order valence-electron chi connectivity index (χ4n) is 2.70. The molecule has 0 radical (unpaired) electrons. The van der Waals surface area contributed by atoms with Crippen LogP contribution >= 0.6 is 34.3 Å². The summed E-state index contributed by atoms with van der Waals surface area (Å²) in [6, 6.07) is 4.52. The predicted molar refractivity (Wildman–Crippen MR) is 125 cm³/mol. The number of carbonyl (C=O) groups excluding carboxylic acids is 2. The third-order valence-electron chi connectivity index (χ3n) is 4.27. The monoisotopic (exact) mass is 539 g/mol. The smallest absolute Gasteiger partial charge is 0.344 e. The van der Waals surface area contributed by atoms with Crippen LogP contribution < -0.4 is 16.0 Å². The zero-order chi connectivity index (χ0) is 25.0. The first kappa shape index (κ1) is 24.5. The van der Waals surface area contributed by atoms with Crippen LogP contribution in [-0.2, 0) is 12.7 Å². The average Bonchev–Trinajstić information content (AvgIpc) is 3.50. The van der Waals surface area contributed by atoms with Crippen LogP contribution in [0.5, 0.6) is 0 Å². The maximum atomic E-state index is 13.0. The summed E-state index contributed by atoms with van der Waals surface area (Å²) >= 11 is 7.94. The van der Waals surface area contributed by atoms with Crippen LogP contribution in [0.2, 0.25) is 5.02 Å². The molecule has 2 amide bonds. The molecule has 35 heavy (non-hydrogen) atoms. The zero-order valence-electron chi connectivity index (χ0n) is 17.3. The Morgan fingerprint density at radius 3 is 2.63 bits per heavy atom. The van der Waals surface area contributed by atoms with Gasteiger partial charge in [-0.2, -0.15) is 13.2 Å². The molecule has 0 aliphatic rings.